The quantitative estimate of drug-likeness (QED) is 0.395. The Hall–Kier alpha value is -2.11. The number of allylic oxidation sites excluding steroid dienone is 2. The molecule has 0 fully saturated rings. The highest BCUT2D eigenvalue weighted by Gasteiger charge is 2.39. The van der Waals surface area contributed by atoms with Crippen molar-refractivity contribution < 1.29 is 28.6 Å². The summed E-state index contributed by atoms with van der Waals surface area (Å²) < 4.78 is 14.1. The van der Waals surface area contributed by atoms with Crippen molar-refractivity contribution in [2.75, 3.05) is 20.8 Å². The van der Waals surface area contributed by atoms with E-state index in [1.807, 2.05) is 0 Å². The Morgan fingerprint density at radius 1 is 1.12 bits per heavy atom. The normalized spacial score (nSPS) is 15.1. The molecule has 0 bridgehead atoms. The molecular weight excluding hydrogens is 228 g/mol. The monoisotopic (exact) mass is 240 g/mol. The van der Waals surface area contributed by atoms with Crippen molar-refractivity contribution in [3.05, 3.63) is 23.2 Å². The molecule has 0 saturated heterocycles. The highest BCUT2D eigenvalue weighted by atomic mass is 16.5. The number of rotatable bonds is 4. The number of ether oxygens (including phenoxy) is 3. The molecule has 0 spiro atoms. The lowest BCUT2D eigenvalue weighted by atomic mass is 10.1. The van der Waals surface area contributed by atoms with Crippen molar-refractivity contribution in [2.45, 2.75) is 6.92 Å². The van der Waals surface area contributed by atoms with E-state index in [0.717, 1.165) is 6.08 Å². The lowest BCUT2D eigenvalue weighted by Gasteiger charge is -1.99. The Kier molecular flexibility index (Phi) is 4.03. The van der Waals surface area contributed by atoms with Crippen LogP contribution in [0.4, 0.5) is 0 Å². The largest absolute Gasteiger partial charge is 0.489 e. The summed E-state index contributed by atoms with van der Waals surface area (Å²) >= 11 is 0. The van der Waals surface area contributed by atoms with Gasteiger partial charge in [0.2, 0.25) is 23.1 Å². The van der Waals surface area contributed by atoms with E-state index in [2.05, 4.69) is 4.74 Å². The Bertz CT molecular complexity index is 401. The average Bonchev–Trinajstić information content (AvgIpc) is 2.52. The first-order valence-corrected chi connectivity index (χ1v) is 4.86. The van der Waals surface area contributed by atoms with Crippen LogP contribution in [-0.2, 0) is 28.6 Å². The molecule has 0 aromatic heterocycles. The zero-order chi connectivity index (χ0) is 13.0. The van der Waals surface area contributed by atoms with Crippen molar-refractivity contribution in [2.24, 2.45) is 0 Å². The fourth-order valence-electron chi connectivity index (χ4n) is 1.36. The predicted octanol–water partition coefficient (Wildman–Crippen LogP) is 0.132. The molecule has 0 radical (unpaired) electrons. The minimum Gasteiger partial charge on any atom is -0.489 e. The van der Waals surface area contributed by atoms with Crippen molar-refractivity contribution in [1.82, 2.24) is 0 Å². The van der Waals surface area contributed by atoms with Gasteiger partial charge in [-0.15, -0.1) is 0 Å². The van der Waals surface area contributed by atoms with Gasteiger partial charge in [0.05, 0.1) is 26.4 Å². The second kappa shape index (κ2) is 5.29. The lowest BCUT2D eigenvalue weighted by molar-refractivity contribution is -0.137. The van der Waals surface area contributed by atoms with E-state index in [-0.39, 0.29) is 23.7 Å². The van der Waals surface area contributed by atoms with Gasteiger partial charge in [0.1, 0.15) is 0 Å². The minimum absolute atomic E-state index is 0.159. The number of carbonyl (C=O) groups excluding carboxylic acids is 3. The molecule has 92 valence electrons. The van der Waals surface area contributed by atoms with Crippen molar-refractivity contribution in [3.8, 4) is 0 Å². The third-order valence-corrected chi connectivity index (χ3v) is 2.06. The van der Waals surface area contributed by atoms with Gasteiger partial charge in [0.25, 0.3) is 0 Å². The third kappa shape index (κ3) is 2.35. The molecule has 6 heteroatoms. The van der Waals surface area contributed by atoms with E-state index in [1.54, 1.807) is 6.92 Å². The van der Waals surface area contributed by atoms with Crippen molar-refractivity contribution in [1.29, 1.82) is 0 Å². The van der Waals surface area contributed by atoms with Gasteiger partial charge in [-0.3, -0.25) is 9.59 Å². The molecule has 1 aliphatic carbocycles. The molecule has 17 heavy (non-hydrogen) atoms. The highest BCUT2D eigenvalue weighted by Crippen LogP contribution is 2.25. The van der Waals surface area contributed by atoms with Crippen LogP contribution >= 0.6 is 0 Å². The first kappa shape index (κ1) is 13.0. The van der Waals surface area contributed by atoms with Gasteiger partial charge in [-0.05, 0) is 6.92 Å². The summed E-state index contributed by atoms with van der Waals surface area (Å²) in [4.78, 5) is 34.6. The molecular formula is C11H12O6. The average molecular weight is 240 g/mol. The van der Waals surface area contributed by atoms with E-state index >= 15 is 0 Å². The Morgan fingerprint density at radius 3 is 1.94 bits per heavy atom. The number of methoxy groups -OCH3 is 2. The SMILES string of the molecule is CCOC(=O)C=C1C(=O)C(OC)=C(OC)C1=O. The molecule has 0 aromatic rings. The fourth-order valence-corrected chi connectivity index (χ4v) is 1.36. The van der Waals surface area contributed by atoms with Crippen LogP contribution in [0.1, 0.15) is 6.92 Å². The zero-order valence-corrected chi connectivity index (χ0v) is 9.73. The molecule has 0 saturated carbocycles. The first-order chi connectivity index (χ1) is 8.06. The predicted molar refractivity (Wildman–Crippen MR) is 55.8 cm³/mol. The second-order valence-electron chi connectivity index (χ2n) is 3.03. The van der Waals surface area contributed by atoms with E-state index in [0.29, 0.717) is 0 Å². The smallest absolute Gasteiger partial charge is 0.331 e. The van der Waals surface area contributed by atoms with Gasteiger partial charge in [0.15, 0.2) is 0 Å². The summed E-state index contributed by atoms with van der Waals surface area (Å²) in [6, 6.07) is 0. The molecule has 0 heterocycles. The number of hydrogen-bond donors (Lipinski definition) is 0. The van der Waals surface area contributed by atoms with Crippen LogP contribution in [0.15, 0.2) is 23.2 Å². The summed E-state index contributed by atoms with van der Waals surface area (Å²) in [6.45, 7) is 1.78. The van der Waals surface area contributed by atoms with Crippen LogP contribution in [0.2, 0.25) is 0 Å². The summed E-state index contributed by atoms with van der Waals surface area (Å²) in [5.74, 6) is -2.51. The van der Waals surface area contributed by atoms with Crippen LogP contribution in [0.25, 0.3) is 0 Å². The maximum Gasteiger partial charge on any atom is 0.331 e. The van der Waals surface area contributed by atoms with E-state index in [4.69, 9.17) is 9.47 Å². The van der Waals surface area contributed by atoms with Gasteiger partial charge in [-0.2, -0.15) is 0 Å². The molecule has 0 atom stereocenters. The van der Waals surface area contributed by atoms with Gasteiger partial charge in [0, 0.05) is 6.08 Å². The molecule has 0 unspecified atom stereocenters. The Labute approximate surface area is 97.8 Å². The molecule has 0 amide bonds. The Morgan fingerprint density at radius 2 is 1.59 bits per heavy atom. The molecule has 1 rings (SSSR count). The topological polar surface area (TPSA) is 78.9 Å². The summed E-state index contributed by atoms with van der Waals surface area (Å²) in [5, 5.41) is 0. The summed E-state index contributed by atoms with van der Waals surface area (Å²) in [5.41, 5.74) is -0.308. The maximum absolute atomic E-state index is 11.7. The standard InChI is InChI=1S/C11H12O6/c1-4-17-7(12)5-6-8(13)10(15-2)11(16-3)9(6)14/h5H,4H2,1-3H3. The van der Waals surface area contributed by atoms with Crippen LogP contribution in [0.5, 0.6) is 0 Å². The fraction of sp³-hybridized carbons (Fsp3) is 0.364. The highest BCUT2D eigenvalue weighted by molar-refractivity contribution is 6.37. The Balaban J connectivity index is 3.06. The molecule has 0 aromatic carbocycles. The number of Topliss-reactive ketones (excluding diaryl/α,β-unsaturated/α-hetero) is 2. The number of carbonyl (C=O) groups is 3. The van der Waals surface area contributed by atoms with Gasteiger partial charge in [-0.1, -0.05) is 0 Å². The van der Waals surface area contributed by atoms with E-state index in [9.17, 15) is 14.4 Å². The lowest BCUT2D eigenvalue weighted by Crippen LogP contribution is -2.10. The first-order valence-electron chi connectivity index (χ1n) is 4.86. The van der Waals surface area contributed by atoms with Gasteiger partial charge >= 0.3 is 5.97 Å². The molecule has 0 N–H and O–H groups in total. The minimum atomic E-state index is -0.753. The van der Waals surface area contributed by atoms with Crippen molar-refractivity contribution in [3.63, 3.8) is 0 Å². The number of ketones is 2. The van der Waals surface area contributed by atoms with Gasteiger partial charge < -0.3 is 14.2 Å². The van der Waals surface area contributed by atoms with Crippen LogP contribution in [-0.4, -0.2) is 38.4 Å². The van der Waals surface area contributed by atoms with E-state index in [1.165, 1.54) is 14.2 Å². The zero-order valence-electron chi connectivity index (χ0n) is 9.73. The molecule has 6 nitrogen and oxygen atoms in total. The van der Waals surface area contributed by atoms with Crippen LogP contribution < -0.4 is 0 Å². The van der Waals surface area contributed by atoms with Crippen LogP contribution in [0, 0.1) is 0 Å². The number of hydrogen-bond acceptors (Lipinski definition) is 6. The maximum atomic E-state index is 11.7. The van der Waals surface area contributed by atoms with Gasteiger partial charge in [-0.25, -0.2) is 4.79 Å². The number of esters is 1. The molecule has 0 aliphatic heterocycles. The third-order valence-electron chi connectivity index (χ3n) is 2.06. The summed E-state index contributed by atoms with van der Waals surface area (Å²) in [6.07, 6.45) is 0.846. The second-order valence-corrected chi connectivity index (χ2v) is 3.03. The van der Waals surface area contributed by atoms with Crippen LogP contribution in [0.3, 0.4) is 0 Å². The summed E-state index contributed by atoms with van der Waals surface area (Å²) in [7, 11) is 2.49. The van der Waals surface area contributed by atoms with E-state index < -0.39 is 17.5 Å². The molecule has 1 aliphatic rings. The van der Waals surface area contributed by atoms with Crippen molar-refractivity contribution >= 4 is 17.5 Å².